The summed E-state index contributed by atoms with van der Waals surface area (Å²) in [4.78, 5) is 11.1. The molecule has 19 heavy (non-hydrogen) atoms. The van der Waals surface area contributed by atoms with E-state index in [9.17, 15) is 4.79 Å². The molecule has 0 aromatic rings. The van der Waals surface area contributed by atoms with E-state index in [-0.39, 0.29) is 6.04 Å². The topological polar surface area (TPSA) is 49.3 Å². The van der Waals surface area contributed by atoms with Gasteiger partial charge in [-0.05, 0) is 19.4 Å². The van der Waals surface area contributed by atoms with Crippen LogP contribution in [0.4, 0.5) is 0 Å². The number of nitrogens with one attached hydrogen (secondary N) is 1. The van der Waals surface area contributed by atoms with Crippen molar-refractivity contribution in [2.24, 2.45) is 0 Å². The second kappa shape index (κ2) is 13.9. The number of rotatable bonds is 14. The molecule has 114 valence electrons. The molecule has 0 fully saturated rings. The van der Waals surface area contributed by atoms with Gasteiger partial charge in [-0.3, -0.25) is 4.79 Å². The van der Waals surface area contributed by atoms with Crippen LogP contribution in [-0.2, 0) is 4.79 Å². The first kappa shape index (κ1) is 18.4. The van der Waals surface area contributed by atoms with Crippen molar-refractivity contribution in [3.63, 3.8) is 0 Å². The average molecular weight is 271 g/mol. The summed E-state index contributed by atoms with van der Waals surface area (Å²) in [6.07, 6.45) is 12.9. The minimum atomic E-state index is -0.692. The SMILES string of the molecule is CCCCCCCCNC(CCCCCC)C(=O)O. The van der Waals surface area contributed by atoms with E-state index in [2.05, 4.69) is 19.2 Å². The number of carboxylic acids is 1. The van der Waals surface area contributed by atoms with Crippen molar-refractivity contribution in [2.75, 3.05) is 6.54 Å². The predicted octanol–water partition coefficient (Wildman–Crippen LogP) is 4.36. The molecule has 3 nitrogen and oxygen atoms in total. The van der Waals surface area contributed by atoms with Crippen LogP contribution in [-0.4, -0.2) is 23.7 Å². The molecular formula is C16H33NO2. The molecule has 0 saturated heterocycles. The first-order valence-electron chi connectivity index (χ1n) is 8.18. The Labute approximate surface area is 119 Å². The Bertz CT molecular complexity index is 207. The summed E-state index contributed by atoms with van der Waals surface area (Å²) >= 11 is 0. The second-order valence-corrected chi connectivity index (χ2v) is 5.46. The molecular weight excluding hydrogens is 238 g/mol. The monoisotopic (exact) mass is 271 g/mol. The smallest absolute Gasteiger partial charge is 0.320 e. The molecule has 0 amide bonds. The lowest BCUT2D eigenvalue weighted by atomic mass is 10.1. The van der Waals surface area contributed by atoms with Gasteiger partial charge in [0.1, 0.15) is 6.04 Å². The summed E-state index contributed by atoms with van der Waals surface area (Å²) in [5, 5.41) is 12.3. The van der Waals surface area contributed by atoms with E-state index in [1.54, 1.807) is 0 Å². The Kier molecular flexibility index (Phi) is 13.4. The van der Waals surface area contributed by atoms with Crippen LogP contribution in [0.5, 0.6) is 0 Å². The molecule has 1 unspecified atom stereocenters. The van der Waals surface area contributed by atoms with Gasteiger partial charge in [-0.2, -0.15) is 0 Å². The van der Waals surface area contributed by atoms with Crippen molar-refractivity contribution < 1.29 is 9.90 Å². The van der Waals surface area contributed by atoms with Gasteiger partial charge in [-0.25, -0.2) is 0 Å². The molecule has 0 aliphatic rings. The molecule has 2 N–H and O–H groups in total. The Morgan fingerprint density at radius 3 is 2.00 bits per heavy atom. The molecule has 3 heteroatoms. The van der Waals surface area contributed by atoms with Gasteiger partial charge >= 0.3 is 5.97 Å². The molecule has 0 bridgehead atoms. The number of hydrogen-bond acceptors (Lipinski definition) is 2. The molecule has 0 heterocycles. The fraction of sp³-hybridized carbons (Fsp3) is 0.938. The van der Waals surface area contributed by atoms with Crippen molar-refractivity contribution in [1.29, 1.82) is 0 Å². The normalized spacial score (nSPS) is 12.5. The third kappa shape index (κ3) is 12.2. The van der Waals surface area contributed by atoms with E-state index in [1.807, 2.05) is 0 Å². The van der Waals surface area contributed by atoms with Crippen molar-refractivity contribution in [2.45, 2.75) is 90.5 Å². The standard InChI is InChI=1S/C16H33NO2/c1-3-5-7-9-10-12-14-17-15(16(18)19)13-11-8-6-4-2/h15,17H,3-14H2,1-2H3,(H,18,19). The van der Waals surface area contributed by atoms with Gasteiger partial charge in [0.15, 0.2) is 0 Å². The summed E-state index contributed by atoms with van der Waals surface area (Å²) in [6.45, 7) is 5.24. The fourth-order valence-corrected chi connectivity index (χ4v) is 2.27. The molecule has 0 aliphatic carbocycles. The third-order valence-corrected chi connectivity index (χ3v) is 3.57. The predicted molar refractivity (Wildman–Crippen MR) is 81.6 cm³/mol. The van der Waals surface area contributed by atoms with Crippen LogP contribution in [0, 0.1) is 0 Å². The highest BCUT2D eigenvalue weighted by atomic mass is 16.4. The Morgan fingerprint density at radius 1 is 0.895 bits per heavy atom. The molecule has 0 rings (SSSR count). The zero-order valence-corrected chi connectivity index (χ0v) is 12.9. The number of carboxylic acid groups (broad SMARTS) is 1. The molecule has 0 radical (unpaired) electrons. The average Bonchev–Trinajstić information content (AvgIpc) is 2.39. The lowest BCUT2D eigenvalue weighted by molar-refractivity contribution is -0.139. The van der Waals surface area contributed by atoms with E-state index in [0.717, 1.165) is 32.2 Å². The lowest BCUT2D eigenvalue weighted by Gasteiger charge is -2.14. The van der Waals surface area contributed by atoms with Crippen molar-refractivity contribution >= 4 is 5.97 Å². The molecule has 0 saturated carbocycles. The second-order valence-electron chi connectivity index (χ2n) is 5.46. The van der Waals surface area contributed by atoms with Gasteiger partial charge in [0.2, 0.25) is 0 Å². The molecule has 0 spiro atoms. The Morgan fingerprint density at radius 2 is 1.42 bits per heavy atom. The zero-order chi connectivity index (χ0) is 14.3. The minimum Gasteiger partial charge on any atom is -0.480 e. The molecule has 0 aromatic heterocycles. The zero-order valence-electron chi connectivity index (χ0n) is 12.9. The number of unbranched alkanes of at least 4 members (excludes halogenated alkanes) is 8. The first-order chi connectivity index (χ1) is 9.22. The highest BCUT2D eigenvalue weighted by molar-refractivity contribution is 5.73. The maximum absolute atomic E-state index is 11.1. The largest absolute Gasteiger partial charge is 0.480 e. The summed E-state index contributed by atoms with van der Waals surface area (Å²) in [5.74, 6) is -0.692. The Balaban J connectivity index is 3.51. The van der Waals surface area contributed by atoms with Gasteiger partial charge in [-0.1, -0.05) is 71.6 Å². The van der Waals surface area contributed by atoms with E-state index in [1.165, 1.54) is 44.9 Å². The minimum absolute atomic E-state index is 0.340. The highest BCUT2D eigenvalue weighted by Crippen LogP contribution is 2.07. The van der Waals surface area contributed by atoms with Crippen LogP contribution in [0.2, 0.25) is 0 Å². The van der Waals surface area contributed by atoms with Crippen molar-refractivity contribution in [3.05, 3.63) is 0 Å². The Hall–Kier alpha value is -0.570. The van der Waals surface area contributed by atoms with Crippen LogP contribution in [0.25, 0.3) is 0 Å². The van der Waals surface area contributed by atoms with Crippen LogP contribution < -0.4 is 5.32 Å². The number of carbonyl (C=O) groups is 1. The van der Waals surface area contributed by atoms with Crippen LogP contribution >= 0.6 is 0 Å². The summed E-state index contributed by atoms with van der Waals surface area (Å²) in [6, 6.07) is -0.340. The lowest BCUT2D eigenvalue weighted by Crippen LogP contribution is -2.37. The van der Waals surface area contributed by atoms with Crippen molar-refractivity contribution in [3.8, 4) is 0 Å². The van der Waals surface area contributed by atoms with Gasteiger partial charge < -0.3 is 10.4 Å². The van der Waals surface area contributed by atoms with Gasteiger partial charge in [0, 0.05) is 0 Å². The quantitative estimate of drug-likeness (QED) is 0.461. The summed E-state index contributed by atoms with van der Waals surface area (Å²) < 4.78 is 0. The number of hydrogen-bond donors (Lipinski definition) is 2. The first-order valence-corrected chi connectivity index (χ1v) is 8.18. The number of aliphatic carboxylic acids is 1. The third-order valence-electron chi connectivity index (χ3n) is 3.57. The van der Waals surface area contributed by atoms with Crippen LogP contribution in [0.3, 0.4) is 0 Å². The van der Waals surface area contributed by atoms with E-state index >= 15 is 0 Å². The van der Waals surface area contributed by atoms with Gasteiger partial charge in [0.05, 0.1) is 0 Å². The van der Waals surface area contributed by atoms with Gasteiger partial charge in [0.25, 0.3) is 0 Å². The van der Waals surface area contributed by atoms with E-state index < -0.39 is 5.97 Å². The summed E-state index contributed by atoms with van der Waals surface area (Å²) in [7, 11) is 0. The van der Waals surface area contributed by atoms with E-state index in [0.29, 0.717) is 0 Å². The fourth-order valence-electron chi connectivity index (χ4n) is 2.27. The molecule has 0 aliphatic heterocycles. The van der Waals surface area contributed by atoms with Crippen LogP contribution in [0.1, 0.15) is 84.5 Å². The van der Waals surface area contributed by atoms with Crippen molar-refractivity contribution in [1.82, 2.24) is 5.32 Å². The molecule has 1 atom stereocenters. The van der Waals surface area contributed by atoms with E-state index in [4.69, 9.17) is 5.11 Å². The maximum Gasteiger partial charge on any atom is 0.320 e. The highest BCUT2D eigenvalue weighted by Gasteiger charge is 2.15. The van der Waals surface area contributed by atoms with Gasteiger partial charge in [-0.15, -0.1) is 0 Å². The summed E-state index contributed by atoms with van der Waals surface area (Å²) in [5.41, 5.74) is 0. The maximum atomic E-state index is 11.1. The molecule has 0 aromatic carbocycles. The van der Waals surface area contributed by atoms with Crippen LogP contribution in [0.15, 0.2) is 0 Å².